The van der Waals surface area contributed by atoms with Gasteiger partial charge in [0.15, 0.2) is 0 Å². The molecule has 6 nitrogen and oxygen atoms in total. The van der Waals surface area contributed by atoms with E-state index in [4.69, 9.17) is 4.74 Å². The first-order valence-corrected chi connectivity index (χ1v) is 9.61. The average molecular weight is 373 g/mol. The number of nitrogens with zero attached hydrogens (tertiary/aromatic N) is 1. The molecule has 7 heteroatoms. The van der Waals surface area contributed by atoms with E-state index in [-0.39, 0.29) is 18.0 Å². The summed E-state index contributed by atoms with van der Waals surface area (Å²) in [4.78, 5) is 27.2. The Balaban J connectivity index is 1.57. The van der Waals surface area contributed by atoms with Crippen molar-refractivity contribution >= 4 is 34.0 Å². The van der Waals surface area contributed by atoms with Gasteiger partial charge in [-0.25, -0.2) is 4.79 Å². The Morgan fingerprint density at radius 2 is 2.00 bits per heavy atom. The Labute approximate surface area is 157 Å². The summed E-state index contributed by atoms with van der Waals surface area (Å²) >= 11 is 1.28. The number of piperidine rings is 1. The summed E-state index contributed by atoms with van der Waals surface area (Å²) < 4.78 is 5.66. The van der Waals surface area contributed by atoms with Gasteiger partial charge in [0.2, 0.25) is 0 Å². The number of hydrogen-bond acceptors (Lipinski definition) is 4. The summed E-state index contributed by atoms with van der Waals surface area (Å²) in [7, 11) is 0. The van der Waals surface area contributed by atoms with Crippen molar-refractivity contribution in [2.45, 2.75) is 25.9 Å². The van der Waals surface area contributed by atoms with E-state index in [1.807, 2.05) is 42.2 Å². The highest BCUT2D eigenvalue weighted by molar-refractivity contribution is 7.18. The third kappa shape index (κ3) is 4.83. The number of anilines is 2. The van der Waals surface area contributed by atoms with Gasteiger partial charge in [-0.05, 0) is 44.0 Å². The van der Waals surface area contributed by atoms with Gasteiger partial charge in [0.25, 0.3) is 5.91 Å². The highest BCUT2D eigenvalue weighted by atomic mass is 32.1. The van der Waals surface area contributed by atoms with Crippen LogP contribution in [-0.2, 0) is 4.74 Å². The normalized spacial score (nSPS) is 17.0. The van der Waals surface area contributed by atoms with Crippen molar-refractivity contribution in [1.82, 2.24) is 4.90 Å². The van der Waals surface area contributed by atoms with Crippen LogP contribution in [-0.4, -0.2) is 42.6 Å². The molecule has 1 aromatic carbocycles. The van der Waals surface area contributed by atoms with Crippen molar-refractivity contribution in [3.05, 3.63) is 47.3 Å². The van der Waals surface area contributed by atoms with Gasteiger partial charge in [-0.2, -0.15) is 0 Å². The predicted octanol–water partition coefficient (Wildman–Crippen LogP) is 4.03. The van der Waals surface area contributed by atoms with Crippen LogP contribution in [0.3, 0.4) is 0 Å². The highest BCUT2D eigenvalue weighted by Crippen LogP contribution is 2.25. The molecule has 0 spiro atoms. The zero-order valence-corrected chi connectivity index (χ0v) is 15.6. The van der Waals surface area contributed by atoms with Crippen LogP contribution in [0.15, 0.2) is 42.5 Å². The molecular formula is C19H23N3O3S. The van der Waals surface area contributed by atoms with E-state index in [0.29, 0.717) is 28.7 Å². The van der Waals surface area contributed by atoms with Crippen LogP contribution >= 0.6 is 11.3 Å². The lowest BCUT2D eigenvalue weighted by atomic mass is 10.1. The largest absolute Gasteiger partial charge is 0.377 e. The first kappa shape index (κ1) is 18.4. The predicted molar refractivity (Wildman–Crippen MR) is 104 cm³/mol. The fourth-order valence-corrected chi connectivity index (χ4v) is 3.84. The molecule has 2 heterocycles. The fourth-order valence-electron chi connectivity index (χ4n) is 2.97. The Kier molecular flexibility index (Phi) is 6.25. The number of ether oxygens (including phenoxy) is 1. The zero-order valence-electron chi connectivity index (χ0n) is 14.7. The fraction of sp³-hybridized carbons (Fsp3) is 0.368. The maximum absolute atomic E-state index is 12.7. The van der Waals surface area contributed by atoms with E-state index in [2.05, 4.69) is 10.6 Å². The van der Waals surface area contributed by atoms with Crippen LogP contribution < -0.4 is 10.6 Å². The number of para-hydroxylation sites is 1. The van der Waals surface area contributed by atoms with Gasteiger partial charge in [0, 0.05) is 25.4 Å². The van der Waals surface area contributed by atoms with Crippen LogP contribution in [0.5, 0.6) is 0 Å². The molecule has 0 aliphatic carbocycles. The van der Waals surface area contributed by atoms with E-state index in [9.17, 15) is 9.59 Å². The lowest BCUT2D eigenvalue weighted by Crippen LogP contribution is -2.43. The van der Waals surface area contributed by atoms with Crippen LogP contribution in [0.1, 0.15) is 29.4 Å². The second-order valence-corrected chi connectivity index (χ2v) is 7.16. The third-order valence-electron chi connectivity index (χ3n) is 4.15. The molecule has 1 saturated heterocycles. The van der Waals surface area contributed by atoms with Gasteiger partial charge in [-0.1, -0.05) is 18.2 Å². The number of hydrogen-bond donors (Lipinski definition) is 2. The molecule has 3 rings (SSSR count). The number of thiophene rings is 1. The van der Waals surface area contributed by atoms with E-state index >= 15 is 0 Å². The summed E-state index contributed by atoms with van der Waals surface area (Å²) in [5.41, 5.74) is 0.716. The number of amides is 3. The van der Waals surface area contributed by atoms with Gasteiger partial charge >= 0.3 is 6.03 Å². The Bertz CT molecular complexity index is 745. The number of urea groups is 1. The maximum Gasteiger partial charge on any atom is 0.324 e. The third-order valence-corrected chi connectivity index (χ3v) is 5.14. The van der Waals surface area contributed by atoms with Gasteiger partial charge in [-0.3, -0.25) is 10.1 Å². The molecule has 0 bridgehead atoms. The van der Waals surface area contributed by atoms with Gasteiger partial charge in [-0.15, -0.1) is 11.3 Å². The molecule has 2 aromatic rings. The number of rotatable bonds is 5. The molecule has 0 saturated carbocycles. The Hall–Kier alpha value is -2.38. The smallest absolute Gasteiger partial charge is 0.324 e. The molecule has 26 heavy (non-hydrogen) atoms. The van der Waals surface area contributed by atoms with Crippen LogP contribution in [0.4, 0.5) is 15.5 Å². The Morgan fingerprint density at radius 3 is 2.77 bits per heavy atom. The second kappa shape index (κ2) is 8.82. The van der Waals surface area contributed by atoms with Crippen molar-refractivity contribution in [3.8, 4) is 0 Å². The first-order chi connectivity index (χ1) is 12.7. The number of benzene rings is 1. The van der Waals surface area contributed by atoms with Gasteiger partial charge < -0.3 is 15.0 Å². The lowest BCUT2D eigenvalue weighted by Gasteiger charge is -2.32. The molecule has 1 unspecified atom stereocenters. The molecule has 1 fully saturated rings. The summed E-state index contributed by atoms with van der Waals surface area (Å²) in [5, 5.41) is 6.17. The molecule has 1 aliphatic rings. The van der Waals surface area contributed by atoms with Gasteiger partial charge in [0.05, 0.1) is 16.0 Å². The summed E-state index contributed by atoms with van der Waals surface area (Å²) in [6.45, 7) is 4.01. The topological polar surface area (TPSA) is 70.7 Å². The van der Waals surface area contributed by atoms with Crippen LogP contribution in [0.25, 0.3) is 0 Å². The zero-order chi connectivity index (χ0) is 18.4. The number of likely N-dealkylation sites (tertiary alicyclic amines) is 1. The number of carbonyl (C=O) groups excluding carboxylic acids is 2. The number of nitrogens with one attached hydrogen (secondary N) is 2. The van der Waals surface area contributed by atoms with E-state index in [1.165, 1.54) is 11.3 Å². The summed E-state index contributed by atoms with van der Waals surface area (Å²) in [5.74, 6) is -0.00378. The second-order valence-electron chi connectivity index (χ2n) is 6.08. The molecule has 138 valence electrons. The minimum atomic E-state index is -0.327. The van der Waals surface area contributed by atoms with Crippen molar-refractivity contribution in [1.29, 1.82) is 0 Å². The highest BCUT2D eigenvalue weighted by Gasteiger charge is 2.25. The molecule has 1 aliphatic heterocycles. The standard InChI is InChI=1S/C19H23N3O3S/c1-2-25-15-9-6-12-22(13-15)18(23)16-10-11-17(26-16)21-19(24)20-14-7-4-3-5-8-14/h3-5,7-8,10-11,15H,2,6,9,12-13H2,1H3,(H2,20,21,24). The summed E-state index contributed by atoms with van der Waals surface area (Å²) in [6.07, 6.45) is 2.06. The number of carbonyl (C=O) groups is 2. The molecule has 1 atom stereocenters. The molecular weight excluding hydrogens is 350 g/mol. The van der Waals surface area contributed by atoms with E-state index < -0.39 is 0 Å². The molecule has 2 N–H and O–H groups in total. The molecule has 3 amide bonds. The van der Waals surface area contributed by atoms with Crippen molar-refractivity contribution < 1.29 is 14.3 Å². The van der Waals surface area contributed by atoms with E-state index in [1.54, 1.807) is 12.1 Å². The quantitative estimate of drug-likeness (QED) is 0.831. The summed E-state index contributed by atoms with van der Waals surface area (Å²) in [6, 6.07) is 12.4. The van der Waals surface area contributed by atoms with Crippen molar-refractivity contribution in [3.63, 3.8) is 0 Å². The minimum Gasteiger partial charge on any atom is -0.377 e. The maximum atomic E-state index is 12.7. The van der Waals surface area contributed by atoms with Crippen LogP contribution in [0.2, 0.25) is 0 Å². The monoisotopic (exact) mass is 373 g/mol. The average Bonchev–Trinajstić information content (AvgIpc) is 3.10. The molecule has 1 aromatic heterocycles. The van der Waals surface area contributed by atoms with Gasteiger partial charge in [0.1, 0.15) is 0 Å². The first-order valence-electron chi connectivity index (χ1n) is 8.79. The SMILES string of the molecule is CCOC1CCCN(C(=O)c2ccc(NC(=O)Nc3ccccc3)s2)C1. The van der Waals surface area contributed by atoms with Crippen molar-refractivity contribution in [2.75, 3.05) is 30.3 Å². The van der Waals surface area contributed by atoms with Crippen molar-refractivity contribution in [2.24, 2.45) is 0 Å². The molecule has 0 radical (unpaired) electrons. The Morgan fingerprint density at radius 1 is 1.19 bits per heavy atom. The van der Waals surface area contributed by atoms with E-state index in [0.717, 1.165) is 19.4 Å². The van der Waals surface area contributed by atoms with Crippen LogP contribution in [0, 0.1) is 0 Å². The minimum absolute atomic E-state index is 0.00378. The lowest BCUT2D eigenvalue weighted by molar-refractivity contribution is 0.00742.